The van der Waals surface area contributed by atoms with E-state index in [-0.39, 0.29) is 0 Å². The first-order valence-electron chi connectivity index (χ1n) is 5.98. The molecule has 0 radical (unpaired) electrons. The minimum atomic E-state index is 0.950. The van der Waals surface area contributed by atoms with Crippen LogP contribution in [0, 0.1) is 0 Å². The maximum atomic E-state index is 3.46. The van der Waals surface area contributed by atoms with Crippen molar-refractivity contribution in [2.75, 3.05) is 11.9 Å². The largest absolute Gasteiger partial charge is 0.381 e. The first kappa shape index (κ1) is 10.2. The third-order valence-corrected chi connectivity index (χ3v) is 3.11. The Labute approximate surface area is 102 Å². The fraction of sp³-hybridized carbons (Fsp3) is 0.125. The summed E-state index contributed by atoms with van der Waals surface area (Å²) in [6.45, 7) is 0.950. The second-order valence-electron chi connectivity index (χ2n) is 4.40. The van der Waals surface area contributed by atoms with Gasteiger partial charge in [0, 0.05) is 12.2 Å². The van der Waals surface area contributed by atoms with Gasteiger partial charge in [-0.1, -0.05) is 54.6 Å². The Morgan fingerprint density at radius 1 is 0.882 bits per heavy atom. The number of hydrogen-bond donors (Lipinski definition) is 1. The van der Waals surface area contributed by atoms with Gasteiger partial charge in [-0.3, -0.25) is 0 Å². The SMILES string of the molecule is C(=C1\CNc2ccccc2C1)/c1ccccc1. The third-order valence-electron chi connectivity index (χ3n) is 3.11. The van der Waals surface area contributed by atoms with E-state index < -0.39 is 0 Å². The van der Waals surface area contributed by atoms with Crippen molar-refractivity contribution in [1.82, 2.24) is 0 Å². The normalized spacial score (nSPS) is 16.4. The summed E-state index contributed by atoms with van der Waals surface area (Å²) in [5, 5.41) is 3.46. The highest BCUT2D eigenvalue weighted by atomic mass is 14.9. The quantitative estimate of drug-likeness (QED) is 0.773. The Hall–Kier alpha value is -2.02. The van der Waals surface area contributed by atoms with E-state index in [1.165, 1.54) is 22.4 Å². The lowest BCUT2D eigenvalue weighted by Crippen LogP contribution is -2.14. The van der Waals surface area contributed by atoms with Gasteiger partial charge in [-0.25, -0.2) is 0 Å². The van der Waals surface area contributed by atoms with E-state index in [2.05, 4.69) is 66.0 Å². The number of anilines is 1. The molecule has 1 N–H and O–H groups in total. The predicted molar refractivity (Wildman–Crippen MR) is 73.1 cm³/mol. The highest BCUT2D eigenvalue weighted by Crippen LogP contribution is 2.24. The third kappa shape index (κ3) is 2.23. The van der Waals surface area contributed by atoms with Gasteiger partial charge in [-0.2, -0.15) is 0 Å². The maximum absolute atomic E-state index is 3.46. The van der Waals surface area contributed by atoms with E-state index in [9.17, 15) is 0 Å². The van der Waals surface area contributed by atoms with Gasteiger partial charge in [0.15, 0.2) is 0 Å². The van der Waals surface area contributed by atoms with Gasteiger partial charge in [0.05, 0.1) is 0 Å². The molecule has 0 saturated carbocycles. The molecule has 1 heterocycles. The molecule has 0 saturated heterocycles. The lowest BCUT2D eigenvalue weighted by Gasteiger charge is -2.20. The molecule has 1 aliphatic rings. The molecule has 2 aromatic carbocycles. The Balaban J connectivity index is 1.87. The van der Waals surface area contributed by atoms with Gasteiger partial charge in [-0.05, 0) is 29.2 Å². The number of hydrogen-bond acceptors (Lipinski definition) is 1. The van der Waals surface area contributed by atoms with Crippen LogP contribution in [-0.2, 0) is 6.42 Å². The molecule has 0 aliphatic carbocycles. The van der Waals surface area contributed by atoms with Crippen LogP contribution in [0.2, 0.25) is 0 Å². The molecule has 1 aliphatic heterocycles. The number of benzene rings is 2. The zero-order valence-electron chi connectivity index (χ0n) is 9.69. The fourth-order valence-electron chi connectivity index (χ4n) is 2.25. The summed E-state index contributed by atoms with van der Waals surface area (Å²) >= 11 is 0. The first-order valence-corrected chi connectivity index (χ1v) is 5.98. The zero-order valence-corrected chi connectivity index (χ0v) is 9.69. The van der Waals surface area contributed by atoms with Gasteiger partial charge < -0.3 is 5.32 Å². The first-order chi connectivity index (χ1) is 8.42. The van der Waals surface area contributed by atoms with E-state index in [1.54, 1.807) is 0 Å². The van der Waals surface area contributed by atoms with Crippen molar-refractivity contribution >= 4 is 11.8 Å². The highest BCUT2D eigenvalue weighted by Gasteiger charge is 2.10. The minimum absolute atomic E-state index is 0.950. The summed E-state index contributed by atoms with van der Waals surface area (Å²) in [7, 11) is 0. The molecule has 0 unspecified atom stereocenters. The predicted octanol–water partition coefficient (Wildman–Crippen LogP) is 3.74. The average molecular weight is 221 g/mol. The highest BCUT2D eigenvalue weighted by molar-refractivity contribution is 5.62. The molecule has 0 amide bonds. The Bertz CT molecular complexity index is 540. The van der Waals surface area contributed by atoms with E-state index in [0.717, 1.165) is 13.0 Å². The summed E-state index contributed by atoms with van der Waals surface area (Å²) in [4.78, 5) is 0. The lowest BCUT2D eigenvalue weighted by molar-refractivity contribution is 1.04. The van der Waals surface area contributed by atoms with Crippen molar-refractivity contribution in [3.63, 3.8) is 0 Å². The molecule has 3 rings (SSSR count). The van der Waals surface area contributed by atoms with Crippen LogP contribution in [0.3, 0.4) is 0 Å². The van der Waals surface area contributed by atoms with Crippen LogP contribution < -0.4 is 5.32 Å². The topological polar surface area (TPSA) is 12.0 Å². The molecule has 0 aromatic heterocycles. The summed E-state index contributed by atoms with van der Waals surface area (Å²) in [6.07, 6.45) is 3.33. The second-order valence-corrected chi connectivity index (χ2v) is 4.40. The molecule has 17 heavy (non-hydrogen) atoms. The summed E-state index contributed by atoms with van der Waals surface area (Å²) in [5.41, 5.74) is 5.39. The average Bonchev–Trinajstić information content (AvgIpc) is 2.40. The van der Waals surface area contributed by atoms with Crippen LogP contribution in [0.4, 0.5) is 5.69 Å². The Kier molecular flexibility index (Phi) is 2.66. The van der Waals surface area contributed by atoms with Crippen molar-refractivity contribution in [3.8, 4) is 0 Å². The number of fused-ring (bicyclic) bond motifs is 1. The van der Waals surface area contributed by atoms with Crippen molar-refractivity contribution in [2.24, 2.45) is 0 Å². The smallest absolute Gasteiger partial charge is 0.0378 e. The second kappa shape index (κ2) is 4.46. The molecule has 1 nitrogen and oxygen atoms in total. The number of rotatable bonds is 1. The standard InChI is InChI=1S/C16H15N/c1-2-6-13(7-3-1)10-14-11-15-8-4-5-9-16(15)17-12-14/h1-10,17H,11-12H2/b14-10+. The van der Waals surface area contributed by atoms with E-state index in [0.29, 0.717) is 0 Å². The Morgan fingerprint density at radius 2 is 1.65 bits per heavy atom. The molecule has 0 fully saturated rings. The van der Waals surface area contributed by atoms with Gasteiger partial charge in [0.1, 0.15) is 0 Å². The maximum Gasteiger partial charge on any atom is 0.0378 e. The van der Waals surface area contributed by atoms with Crippen molar-refractivity contribution < 1.29 is 0 Å². The molecule has 2 aromatic rings. The van der Waals surface area contributed by atoms with E-state index >= 15 is 0 Å². The van der Waals surface area contributed by atoms with Crippen LogP contribution in [-0.4, -0.2) is 6.54 Å². The monoisotopic (exact) mass is 221 g/mol. The lowest BCUT2D eigenvalue weighted by atomic mass is 9.97. The van der Waals surface area contributed by atoms with Crippen LogP contribution in [0.5, 0.6) is 0 Å². The van der Waals surface area contributed by atoms with Crippen LogP contribution in [0.15, 0.2) is 60.2 Å². The van der Waals surface area contributed by atoms with Crippen molar-refractivity contribution in [3.05, 3.63) is 71.3 Å². The fourth-order valence-corrected chi connectivity index (χ4v) is 2.25. The molecule has 84 valence electrons. The number of para-hydroxylation sites is 1. The molecule has 0 atom stereocenters. The van der Waals surface area contributed by atoms with Gasteiger partial charge in [0.2, 0.25) is 0 Å². The summed E-state index contributed by atoms with van der Waals surface area (Å²) in [5.74, 6) is 0. The van der Waals surface area contributed by atoms with Gasteiger partial charge >= 0.3 is 0 Å². The molecule has 1 heteroatoms. The minimum Gasteiger partial charge on any atom is -0.381 e. The zero-order chi connectivity index (χ0) is 11.5. The van der Waals surface area contributed by atoms with E-state index in [1.807, 2.05) is 0 Å². The van der Waals surface area contributed by atoms with Gasteiger partial charge in [0.25, 0.3) is 0 Å². The van der Waals surface area contributed by atoms with Crippen LogP contribution in [0.25, 0.3) is 6.08 Å². The van der Waals surface area contributed by atoms with Crippen molar-refractivity contribution in [1.29, 1.82) is 0 Å². The summed E-state index contributed by atoms with van der Waals surface area (Å²) in [6, 6.07) is 19.0. The molecular formula is C16H15N. The van der Waals surface area contributed by atoms with E-state index in [4.69, 9.17) is 0 Å². The molecule has 0 bridgehead atoms. The van der Waals surface area contributed by atoms with Crippen LogP contribution >= 0.6 is 0 Å². The Morgan fingerprint density at radius 3 is 2.53 bits per heavy atom. The van der Waals surface area contributed by atoms with Gasteiger partial charge in [-0.15, -0.1) is 0 Å². The number of nitrogens with one attached hydrogen (secondary N) is 1. The molecule has 0 spiro atoms. The molecular weight excluding hydrogens is 206 g/mol. The van der Waals surface area contributed by atoms with Crippen LogP contribution in [0.1, 0.15) is 11.1 Å². The van der Waals surface area contributed by atoms with Crippen molar-refractivity contribution in [2.45, 2.75) is 6.42 Å². The summed E-state index contributed by atoms with van der Waals surface area (Å²) < 4.78 is 0.